The summed E-state index contributed by atoms with van der Waals surface area (Å²) in [5.74, 6) is -0.902. The van der Waals surface area contributed by atoms with Crippen LogP contribution in [-0.4, -0.2) is 49.5 Å². The lowest BCUT2D eigenvalue weighted by molar-refractivity contribution is -0.265. The molecule has 0 aliphatic carbocycles. The summed E-state index contributed by atoms with van der Waals surface area (Å²) in [4.78, 5) is 16.9. The normalized spacial score (nSPS) is 15.6. The van der Waals surface area contributed by atoms with Crippen molar-refractivity contribution in [2.24, 2.45) is 0 Å². The van der Waals surface area contributed by atoms with Crippen LogP contribution in [0.2, 0.25) is 5.02 Å². The predicted octanol–water partition coefficient (Wildman–Crippen LogP) is 5.41. The molecule has 0 saturated heterocycles. The third kappa shape index (κ3) is 5.20. The van der Waals surface area contributed by atoms with Gasteiger partial charge < -0.3 is 24.6 Å². The molecule has 1 atom stereocenters. The van der Waals surface area contributed by atoms with Crippen molar-refractivity contribution in [3.8, 4) is 28.5 Å². The van der Waals surface area contributed by atoms with Gasteiger partial charge in [-0.05, 0) is 42.5 Å². The average Bonchev–Trinajstić information content (AvgIpc) is 3.21. The molecule has 3 aromatic rings. The number of ether oxygens (including phenoxy) is 3. The van der Waals surface area contributed by atoms with Crippen LogP contribution in [0.15, 0.2) is 42.5 Å². The van der Waals surface area contributed by atoms with E-state index in [0.717, 1.165) is 12.1 Å². The molecular formula is C27H25ClF4N2O5. The molecule has 208 valence electrons. The molecule has 1 unspecified atom stereocenters. The SMILES string of the molecule is COc1ccc(C(=O)NCC(O)(c2cc3c(c(-c4ccc(F)c(Cl)c4)n2)OCC3(C)C)C(F)(F)F)cc1OC. The predicted molar refractivity (Wildman–Crippen MR) is 135 cm³/mol. The summed E-state index contributed by atoms with van der Waals surface area (Å²) >= 11 is 5.92. The zero-order valence-corrected chi connectivity index (χ0v) is 22.1. The Hall–Kier alpha value is -3.57. The maximum absolute atomic E-state index is 14.5. The smallest absolute Gasteiger partial charge is 0.424 e. The van der Waals surface area contributed by atoms with Crippen molar-refractivity contribution in [3.63, 3.8) is 0 Å². The number of amides is 1. The van der Waals surface area contributed by atoms with Crippen LogP contribution in [-0.2, 0) is 11.0 Å². The molecule has 7 nitrogen and oxygen atoms in total. The molecular weight excluding hydrogens is 544 g/mol. The van der Waals surface area contributed by atoms with E-state index in [1.54, 1.807) is 13.8 Å². The zero-order valence-electron chi connectivity index (χ0n) is 21.4. The van der Waals surface area contributed by atoms with Crippen LogP contribution >= 0.6 is 11.6 Å². The molecule has 0 radical (unpaired) electrons. The van der Waals surface area contributed by atoms with Gasteiger partial charge in [0.25, 0.3) is 5.91 Å². The number of nitrogens with one attached hydrogen (secondary N) is 1. The van der Waals surface area contributed by atoms with Crippen LogP contribution in [0.4, 0.5) is 17.6 Å². The summed E-state index contributed by atoms with van der Waals surface area (Å²) in [7, 11) is 2.74. The van der Waals surface area contributed by atoms with E-state index in [2.05, 4.69) is 10.3 Å². The molecule has 1 aliphatic rings. The number of alkyl halides is 3. The van der Waals surface area contributed by atoms with Gasteiger partial charge in [-0.2, -0.15) is 13.2 Å². The highest BCUT2D eigenvalue weighted by atomic mass is 35.5. The van der Waals surface area contributed by atoms with Gasteiger partial charge in [-0.15, -0.1) is 0 Å². The van der Waals surface area contributed by atoms with Crippen LogP contribution in [0.25, 0.3) is 11.3 Å². The number of methoxy groups -OCH3 is 2. The minimum Gasteiger partial charge on any atom is -0.493 e. The summed E-state index contributed by atoms with van der Waals surface area (Å²) in [6, 6.07) is 8.74. The molecule has 0 spiro atoms. The quantitative estimate of drug-likeness (QED) is 0.371. The molecule has 12 heteroatoms. The molecule has 0 saturated carbocycles. The topological polar surface area (TPSA) is 89.9 Å². The summed E-state index contributed by atoms with van der Waals surface area (Å²) in [6.45, 7) is 2.40. The summed E-state index contributed by atoms with van der Waals surface area (Å²) in [5.41, 5.74) is -4.62. The Balaban J connectivity index is 1.78. The van der Waals surface area contributed by atoms with Crippen molar-refractivity contribution < 1.29 is 41.7 Å². The van der Waals surface area contributed by atoms with E-state index in [-0.39, 0.29) is 39.9 Å². The minimum atomic E-state index is -5.25. The number of hydrogen-bond donors (Lipinski definition) is 2. The van der Waals surface area contributed by atoms with Crippen molar-refractivity contribution in [3.05, 3.63) is 70.1 Å². The Kier molecular flexibility index (Phi) is 7.44. The maximum Gasteiger partial charge on any atom is 0.424 e. The highest BCUT2D eigenvalue weighted by Gasteiger charge is 2.57. The number of carbonyl (C=O) groups excluding carboxylic acids is 1. The van der Waals surface area contributed by atoms with E-state index >= 15 is 0 Å². The van der Waals surface area contributed by atoms with Crippen molar-refractivity contribution in [1.82, 2.24) is 10.3 Å². The molecule has 39 heavy (non-hydrogen) atoms. The Bertz CT molecular complexity index is 1430. The van der Waals surface area contributed by atoms with E-state index in [9.17, 15) is 27.5 Å². The number of fused-ring (bicyclic) bond motifs is 1. The van der Waals surface area contributed by atoms with Crippen molar-refractivity contribution in [2.75, 3.05) is 27.4 Å². The van der Waals surface area contributed by atoms with Gasteiger partial charge in [-0.25, -0.2) is 9.37 Å². The third-order valence-electron chi connectivity index (χ3n) is 6.52. The standard InChI is InChI=1S/C27H25ClF4N2O5/c1-25(2)13-39-23-16(25)11-21(34-22(23)14-5-7-18(29)17(28)9-14)26(36,27(30,31)32)12-33-24(35)15-6-8-19(37-3)20(10-15)38-4/h5-11,36H,12-13H2,1-4H3,(H,33,35). The first-order chi connectivity index (χ1) is 18.2. The van der Waals surface area contributed by atoms with E-state index in [4.69, 9.17) is 25.8 Å². The molecule has 2 aromatic carbocycles. The molecule has 0 fully saturated rings. The fourth-order valence-electron chi connectivity index (χ4n) is 4.19. The lowest BCUT2D eigenvalue weighted by Crippen LogP contribution is -2.51. The summed E-state index contributed by atoms with van der Waals surface area (Å²) in [6.07, 6.45) is -5.25. The maximum atomic E-state index is 14.5. The number of nitrogens with zero attached hydrogens (tertiary/aromatic N) is 1. The molecule has 2 heterocycles. The summed E-state index contributed by atoms with van der Waals surface area (Å²) < 4.78 is 73.3. The number of pyridine rings is 1. The van der Waals surface area contributed by atoms with Gasteiger partial charge in [0, 0.05) is 22.1 Å². The number of hydrogen-bond acceptors (Lipinski definition) is 6. The van der Waals surface area contributed by atoms with Crippen molar-refractivity contribution >= 4 is 17.5 Å². The Morgan fingerprint density at radius 3 is 2.44 bits per heavy atom. The van der Waals surface area contributed by atoms with Crippen LogP contribution in [0.1, 0.15) is 35.5 Å². The largest absolute Gasteiger partial charge is 0.493 e. The highest BCUT2D eigenvalue weighted by molar-refractivity contribution is 6.31. The monoisotopic (exact) mass is 568 g/mol. The molecule has 4 rings (SSSR count). The van der Waals surface area contributed by atoms with E-state index < -0.39 is 41.2 Å². The van der Waals surface area contributed by atoms with Crippen molar-refractivity contribution in [2.45, 2.75) is 31.0 Å². The van der Waals surface area contributed by atoms with Gasteiger partial charge in [0.15, 0.2) is 11.5 Å². The van der Waals surface area contributed by atoms with Crippen LogP contribution in [0.5, 0.6) is 17.2 Å². The third-order valence-corrected chi connectivity index (χ3v) is 6.81. The Morgan fingerprint density at radius 1 is 1.13 bits per heavy atom. The second-order valence-electron chi connectivity index (χ2n) is 9.64. The lowest BCUT2D eigenvalue weighted by atomic mass is 9.84. The van der Waals surface area contributed by atoms with E-state index in [0.29, 0.717) is 11.3 Å². The van der Waals surface area contributed by atoms with Gasteiger partial charge in [-0.1, -0.05) is 25.4 Å². The number of aromatic nitrogens is 1. The fourth-order valence-corrected chi connectivity index (χ4v) is 4.37. The zero-order chi connectivity index (χ0) is 28.8. The Labute approximate surface area is 226 Å². The molecule has 0 bridgehead atoms. The molecule has 1 amide bonds. The summed E-state index contributed by atoms with van der Waals surface area (Å²) in [5, 5.41) is 13.0. The number of aliphatic hydroxyl groups is 1. The average molecular weight is 569 g/mol. The van der Waals surface area contributed by atoms with Gasteiger partial charge in [-0.3, -0.25) is 4.79 Å². The second-order valence-corrected chi connectivity index (χ2v) is 10.1. The Morgan fingerprint density at radius 2 is 1.82 bits per heavy atom. The first kappa shape index (κ1) is 28.4. The molecule has 2 N–H and O–H groups in total. The van der Waals surface area contributed by atoms with Gasteiger partial charge >= 0.3 is 6.18 Å². The van der Waals surface area contributed by atoms with Gasteiger partial charge in [0.05, 0.1) is 38.1 Å². The number of carbonyl (C=O) groups is 1. The van der Waals surface area contributed by atoms with Crippen LogP contribution in [0.3, 0.4) is 0 Å². The van der Waals surface area contributed by atoms with E-state index in [1.807, 2.05) is 0 Å². The number of rotatable bonds is 7. The lowest BCUT2D eigenvalue weighted by Gasteiger charge is -2.31. The number of benzene rings is 2. The number of halogens is 5. The van der Waals surface area contributed by atoms with Crippen LogP contribution in [0, 0.1) is 5.82 Å². The molecule has 1 aromatic heterocycles. The van der Waals surface area contributed by atoms with Gasteiger partial charge in [0.1, 0.15) is 17.3 Å². The van der Waals surface area contributed by atoms with Crippen molar-refractivity contribution in [1.29, 1.82) is 0 Å². The first-order valence-electron chi connectivity index (χ1n) is 11.7. The minimum absolute atomic E-state index is 0.0183. The van der Waals surface area contributed by atoms with Gasteiger partial charge in [0.2, 0.25) is 5.60 Å². The second kappa shape index (κ2) is 10.2. The molecule has 1 aliphatic heterocycles. The highest BCUT2D eigenvalue weighted by Crippen LogP contribution is 2.47. The van der Waals surface area contributed by atoms with Crippen LogP contribution < -0.4 is 19.5 Å². The fraction of sp³-hybridized carbons (Fsp3) is 0.333. The first-order valence-corrected chi connectivity index (χ1v) is 12.0. The van der Waals surface area contributed by atoms with E-state index in [1.165, 1.54) is 44.6 Å².